The van der Waals surface area contributed by atoms with Crippen molar-refractivity contribution in [2.45, 2.75) is 477 Å². The van der Waals surface area contributed by atoms with Crippen molar-refractivity contribution in [3.8, 4) is 0 Å². The van der Waals surface area contributed by atoms with Gasteiger partial charge in [-0.1, -0.05) is 408 Å². The molecule has 0 spiro atoms. The molecule has 0 aromatic carbocycles. The van der Waals surface area contributed by atoms with Gasteiger partial charge in [0.25, 0.3) is 0 Å². The zero-order chi connectivity index (χ0) is 77.1. The lowest BCUT2D eigenvalue weighted by molar-refractivity contribution is -0.161. The molecular formula is C86H168O17P2. The maximum absolute atomic E-state index is 13.1. The highest BCUT2D eigenvalue weighted by Gasteiger charge is 2.30. The molecule has 6 atom stereocenters. The second-order valence-electron chi connectivity index (χ2n) is 31.6. The van der Waals surface area contributed by atoms with E-state index in [1.807, 2.05) is 0 Å². The lowest BCUT2D eigenvalue weighted by Crippen LogP contribution is -2.30. The fourth-order valence-electron chi connectivity index (χ4n) is 13.4. The zero-order valence-electron chi connectivity index (χ0n) is 69.0. The number of esters is 4. The largest absolute Gasteiger partial charge is 0.472 e. The Bertz CT molecular complexity index is 2010. The average Bonchev–Trinajstić information content (AvgIpc) is 0.913. The predicted octanol–water partition coefficient (Wildman–Crippen LogP) is 26.2. The first-order valence-electron chi connectivity index (χ1n) is 44.5. The minimum atomic E-state index is -4.97. The second-order valence-corrected chi connectivity index (χ2v) is 34.6. The molecule has 0 aromatic heterocycles. The van der Waals surface area contributed by atoms with E-state index in [2.05, 4.69) is 41.5 Å². The summed E-state index contributed by atoms with van der Waals surface area (Å²) >= 11 is 0. The van der Waals surface area contributed by atoms with Crippen LogP contribution in [0.4, 0.5) is 0 Å². The van der Waals surface area contributed by atoms with Crippen LogP contribution < -0.4 is 0 Å². The maximum atomic E-state index is 13.1. The molecule has 0 aliphatic rings. The number of hydrogen-bond acceptors (Lipinski definition) is 15. The number of hydrogen-bond donors (Lipinski definition) is 3. The summed E-state index contributed by atoms with van der Waals surface area (Å²) in [6, 6.07) is 0. The molecule has 624 valence electrons. The number of unbranched alkanes of at least 4 members (excludes halogenated alkanes) is 54. The molecule has 0 aromatic rings. The minimum Gasteiger partial charge on any atom is -0.462 e. The van der Waals surface area contributed by atoms with E-state index < -0.39 is 97.5 Å². The molecule has 0 amide bonds. The van der Waals surface area contributed by atoms with Crippen LogP contribution in [-0.2, 0) is 65.4 Å². The lowest BCUT2D eigenvalue weighted by Gasteiger charge is -2.21. The summed E-state index contributed by atoms with van der Waals surface area (Å²) in [5, 5.41) is 10.7. The summed E-state index contributed by atoms with van der Waals surface area (Å²) in [6.07, 6.45) is 69.4. The Morgan fingerprint density at radius 2 is 0.486 bits per heavy atom. The molecule has 105 heavy (non-hydrogen) atoms. The van der Waals surface area contributed by atoms with Gasteiger partial charge in [-0.15, -0.1) is 0 Å². The number of phosphoric acid groups is 2. The Kier molecular flexibility index (Phi) is 76.0. The monoisotopic (exact) mass is 1540 g/mol. The van der Waals surface area contributed by atoms with Gasteiger partial charge in [-0.25, -0.2) is 9.13 Å². The summed E-state index contributed by atoms with van der Waals surface area (Å²) < 4.78 is 68.9. The highest BCUT2D eigenvalue weighted by molar-refractivity contribution is 7.47. The molecule has 0 aliphatic carbocycles. The van der Waals surface area contributed by atoms with Gasteiger partial charge in [0.15, 0.2) is 12.2 Å². The van der Waals surface area contributed by atoms with Crippen LogP contribution in [0.2, 0.25) is 0 Å². The molecule has 17 nitrogen and oxygen atoms in total. The van der Waals surface area contributed by atoms with Crippen molar-refractivity contribution in [3.05, 3.63) is 0 Å². The normalized spacial score (nSPS) is 14.1. The molecule has 3 unspecified atom stereocenters. The first-order valence-corrected chi connectivity index (χ1v) is 47.5. The van der Waals surface area contributed by atoms with Gasteiger partial charge in [-0.2, -0.15) is 0 Å². The van der Waals surface area contributed by atoms with E-state index in [0.717, 1.165) is 102 Å². The fourth-order valence-corrected chi connectivity index (χ4v) is 15.0. The molecule has 3 N–H and O–H groups in total. The smallest absolute Gasteiger partial charge is 0.462 e. The van der Waals surface area contributed by atoms with Gasteiger partial charge in [0.05, 0.1) is 26.4 Å². The van der Waals surface area contributed by atoms with Gasteiger partial charge in [0, 0.05) is 25.7 Å². The number of aliphatic hydroxyl groups excluding tert-OH is 1. The van der Waals surface area contributed by atoms with E-state index >= 15 is 0 Å². The molecule has 0 saturated carbocycles. The molecule has 0 heterocycles. The zero-order valence-corrected chi connectivity index (χ0v) is 70.8. The Hall–Kier alpha value is -1.94. The lowest BCUT2D eigenvalue weighted by atomic mass is 9.99. The first-order chi connectivity index (χ1) is 50.9. The predicted molar refractivity (Wildman–Crippen MR) is 432 cm³/mol. The van der Waals surface area contributed by atoms with E-state index in [9.17, 15) is 43.2 Å². The third-order valence-electron chi connectivity index (χ3n) is 20.6. The van der Waals surface area contributed by atoms with Gasteiger partial charge in [0.2, 0.25) is 0 Å². The number of phosphoric ester groups is 2. The molecule has 0 radical (unpaired) electrons. The molecule has 0 aliphatic heterocycles. The van der Waals surface area contributed by atoms with Crippen LogP contribution in [0, 0.1) is 11.8 Å². The van der Waals surface area contributed by atoms with Crippen molar-refractivity contribution in [1.82, 2.24) is 0 Å². The minimum absolute atomic E-state index is 0.107. The van der Waals surface area contributed by atoms with Crippen molar-refractivity contribution >= 4 is 39.5 Å². The maximum Gasteiger partial charge on any atom is 0.472 e. The van der Waals surface area contributed by atoms with Gasteiger partial charge >= 0.3 is 39.5 Å². The Balaban J connectivity index is 5.22. The molecule has 0 bridgehead atoms. The van der Waals surface area contributed by atoms with Crippen LogP contribution >= 0.6 is 15.6 Å². The van der Waals surface area contributed by atoms with Gasteiger partial charge in [0.1, 0.15) is 19.3 Å². The third kappa shape index (κ3) is 78.5. The SMILES string of the molecule is CCCCCCCCCCCCCCCCCCCCC(=O)OC[C@H](COP(=O)(O)OC[C@@H](O)COP(=O)(O)OC[C@@H](COC(=O)CCCCCCCCCCCC)OC(=O)CCCCCCCCCCCCCCC(C)C)OC(=O)CCCCCCCCCCCCCCCCCCCCC(C)CC. The summed E-state index contributed by atoms with van der Waals surface area (Å²) in [7, 11) is -9.93. The first kappa shape index (κ1) is 103. The van der Waals surface area contributed by atoms with Crippen LogP contribution in [0.5, 0.6) is 0 Å². The van der Waals surface area contributed by atoms with Crippen LogP contribution in [-0.4, -0.2) is 96.7 Å². The summed E-state index contributed by atoms with van der Waals surface area (Å²) in [5.41, 5.74) is 0. The van der Waals surface area contributed by atoms with Gasteiger partial charge < -0.3 is 33.8 Å². The van der Waals surface area contributed by atoms with E-state index in [1.54, 1.807) is 0 Å². The third-order valence-corrected chi connectivity index (χ3v) is 22.5. The fraction of sp³-hybridized carbons (Fsp3) is 0.953. The van der Waals surface area contributed by atoms with Crippen molar-refractivity contribution in [1.29, 1.82) is 0 Å². The van der Waals surface area contributed by atoms with E-state index in [4.69, 9.17) is 37.0 Å². The standard InChI is InChI=1S/C86H168O17P2/c1-7-10-12-14-16-18-20-21-22-23-27-30-33-39-45-51-57-63-69-84(89)97-75-82(103-85(90)70-64-58-52-46-40-34-31-28-25-24-26-29-32-38-43-49-55-61-67-79(6)9-3)77-101-105(94,95)99-73-80(87)72-98-104(92,93)100-76-81(74-96-83(88)68-62-56-50-44-19-17-15-13-11-8-2)102-86(91)71-65-59-53-47-41-36-35-37-42-48-54-60-66-78(4)5/h78-82,87H,7-77H2,1-6H3,(H,92,93)(H,94,95)/t79?,80-,81+,82+/m0/s1. The molecule has 0 rings (SSSR count). The van der Waals surface area contributed by atoms with Crippen molar-refractivity contribution in [3.63, 3.8) is 0 Å². The topological polar surface area (TPSA) is 237 Å². The number of carbonyl (C=O) groups excluding carboxylic acids is 4. The van der Waals surface area contributed by atoms with Crippen LogP contribution in [0.1, 0.15) is 459 Å². The van der Waals surface area contributed by atoms with Crippen molar-refractivity contribution < 1.29 is 80.2 Å². The summed E-state index contributed by atoms with van der Waals surface area (Å²) in [5.74, 6) is -0.454. The number of ether oxygens (including phenoxy) is 4. The highest BCUT2D eigenvalue weighted by atomic mass is 31.2. The number of aliphatic hydroxyl groups is 1. The summed E-state index contributed by atoms with van der Waals surface area (Å²) in [4.78, 5) is 73.2. The Labute approximate surface area is 645 Å². The van der Waals surface area contributed by atoms with Crippen LogP contribution in [0.3, 0.4) is 0 Å². The van der Waals surface area contributed by atoms with Gasteiger partial charge in [-0.3, -0.25) is 37.3 Å². The van der Waals surface area contributed by atoms with Crippen molar-refractivity contribution in [2.75, 3.05) is 39.6 Å². The van der Waals surface area contributed by atoms with Gasteiger partial charge in [-0.05, 0) is 37.5 Å². The van der Waals surface area contributed by atoms with E-state index in [-0.39, 0.29) is 25.7 Å². The van der Waals surface area contributed by atoms with E-state index in [0.29, 0.717) is 25.7 Å². The summed E-state index contributed by atoms with van der Waals surface area (Å²) in [6.45, 7) is 9.74. The molecule has 19 heteroatoms. The average molecular weight is 1540 g/mol. The van der Waals surface area contributed by atoms with Crippen LogP contribution in [0.15, 0.2) is 0 Å². The van der Waals surface area contributed by atoms with Crippen LogP contribution in [0.25, 0.3) is 0 Å². The molecular weight excluding hydrogens is 1370 g/mol. The Morgan fingerprint density at radius 3 is 0.724 bits per heavy atom. The Morgan fingerprint density at radius 1 is 0.276 bits per heavy atom. The molecule has 0 saturated heterocycles. The quantitative estimate of drug-likeness (QED) is 0.0222. The highest BCUT2D eigenvalue weighted by Crippen LogP contribution is 2.45. The number of carbonyl (C=O) groups is 4. The second kappa shape index (κ2) is 77.4. The van der Waals surface area contributed by atoms with Crippen molar-refractivity contribution in [2.24, 2.45) is 11.8 Å². The number of rotatable bonds is 85. The molecule has 0 fully saturated rings. The van der Waals surface area contributed by atoms with E-state index in [1.165, 1.54) is 276 Å².